The van der Waals surface area contributed by atoms with Gasteiger partial charge in [-0.1, -0.05) is 58.5 Å². The normalized spacial score (nSPS) is 10.4. The van der Waals surface area contributed by atoms with Crippen molar-refractivity contribution < 1.29 is 14.3 Å². The van der Waals surface area contributed by atoms with Crippen molar-refractivity contribution in [2.45, 2.75) is 0 Å². The van der Waals surface area contributed by atoms with Crippen LogP contribution in [0, 0.1) is 0 Å². The molecule has 142 valence electrons. The van der Waals surface area contributed by atoms with Crippen LogP contribution in [0.15, 0.2) is 60.7 Å². The highest BCUT2D eigenvalue weighted by Gasteiger charge is 2.15. The van der Waals surface area contributed by atoms with Crippen molar-refractivity contribution >= 4 is 64.0 Å². The highest BCUT2D eigenvalue weighted by molar-refractivity contribution is 6.35. The van der Waals surface area contributed by atoms with E-state index in [1.54, 1.807) is 24.3 Å². The molecule has 0 bridgehead atoms. The molecule has 0 fully saturated rings. The van der Waals surface area contributed by atoms with Crippen LogP contribution in [0.4, 0.5) is 5.69 Å². The van der Waals surface area contributed by atoms with Gasteiger partial charge in [0.25, 0.3) is 5.91 Å². The number of nitrogens with one attached hydrogen (secondary N) is 1. The van der Waals surface area contributed by atoms with Crippen molar-refractivity contribution in [3.05, 3.63) is 91.9 Å². The zero-order valence-electron chi connectivity index (χ0n) is 14.0. The molecule has 8 heteroatoms. The molecule has 0 aliphatic carbocycles. The van der Waals surface area contributed by atoms with Gasteiger partial charge in [0.15, 0.2) is 5.75 Å². The van der Waals surface area contributed by atoms with Crippen LogP contribution < -0.4 is 10.1 Å². The second-order valence-corrected chi connectivity index (χ2v) is 7.40. The molecule has 1 amide bonds. The third-order valence-corrected chi connectivity index (χ3v) is 4.43. The van der Waals surface area contributed by atoms with E-state index in [-0.39, 0.29) is 16.9 Å². The first-order valence-corrected chi connectivity index (χ1v) is 9.38. The number of carbonyl (C=O) groups is 2. The third kappa shape index (κ3) is 5.18. The van der Waals surface area contributed by atoms with Crippen molar-refractivity contribution in [2.24, 2.45) is 0 Å². The van der Waals surface area contributed by atoms with E-state index >= 15 is 0 Å². The van der Waals surface area contributed by atoms with Crippen molar-refractivity contribution in [1.82, 2.24) is 0 Å². The molecular formula is C20H11Cl4NO3. The van der Waals surface area contributed by atoms with E-state index in [1.807, 2.05) is 0 Å². The molecule has 3 aromatic carbocycles. The number of esters is 1. The summed E-state index contributed by atoms with van der Waals surface area (Å²) in [5, 5.41) is 3.94. The predicted molar refractivity (Wildman–Crippen MR) is 112 cm³/mol. The van der Waals surface area contributed by atoms with E-state index in [0.717, 1.165) is 0 Å². The molecule has 0 aromatic heterocycles. The largest absolute Gasteiger partial charge is 0.421 e. The van der Waals surface area contributed by atoms with Crippen LogP contribution in [0.5, 0.6) is 5.75 Å². The minimum Gasteiger partial charge on any atom is -0.421 e. The highest BCUT2D eigenvalue weighted by atomic mass is 35.5. The second kappa shape index (κ2) is 8.84. The maximum atomic E-state index is 12.5. The molecule has 3 rings (SSSR count). The fraction of sp³-hybridized carbons (Fsp3) is 0. The van der Waals surface area contributed by atoms with Crippen molar-refractivity contribution in [3.8, 4) is 5.75 Å². The lowest BCUT2D eigenvalue weighted by molar-refractivity contribution is 0.0734. The lowest BCUT2D eigenvalue weighted by Crippen LogP contribution is -2.15. The number of rotatable bonds is 4. The van der Waals surface area contributed by atoms with Crippen LogP contribution >= 0.6 is 46.4 Å². The molecule has 0 spiro atoms. The number of carbonyl (C=O) groups excluding carboxylic acids is 2. The van der Waals surface area contributed by atoms with Gasteiger partial charge in [0.1, 0.15) is 0 Å². The summed E-state index contributed by atoms with van der Waals surface area (Å²) in [4.78, 5) is 24.9. The Labute approximate surface area is 180 Å². The number of amides is 1. The standard InChI is InChI=1S/C20H11Cl4NO3/c21-13-5-11(6-14(22)9-13)19(26)25-17-3-1-2-4-18(17)28-20(27)12-7-15(23)10-16(24)8-12/h1-10H,(H,25,26). The van der Waals surface area contributed by atoms with Gasteiger partial charge in [0, 0.05) is 25.7 Å². The van der Waals surface area contributed by atoms with Crippen LogP contribution in [-0.4, -0.2) is 11.9 Å². The summed E-state index contributed by atoms with van der Waals surface area (Å²) < 4.78 is 5.40. The van der Waals surface area contributed by atoms with E-state index in [9.17, 15) is 9.59 Å². The van der Waals surface area contributed by atoms with E-state index < -0.39 is 11.9 Å². The smallest absolute Gasteiger partial charge is 0.343 e. The zero-order chi connectivity index (χ0) is 20.3. The summed E-state index contributed by atoms with van der Waals surface area (Å²) in [6.45, 7) is 0. The SMILES string of the molecule is O=C(Nc1ccccc1OC(=O)c1cc(Cl)cc(Cl)c1)c1cc(Cl)cc(Cl)c1. The van der Waals surface area contributed by atoms with Gasteiger partial charge in [-0.2, -0.15) is 0 Å². The van der Waals surface area contributed by atoms with E-state index in [1.165, 1.54) is 36.4 Å². The first-order chi connectivity index (χ1) is 13.3. The Balaban J connectivity index is 1.83. The number of ether oxygens (including phenoxy) is 1. The fourth-order valence-corrected chi connectivity index (χ4v) is 3.42. The minimum absolute atomic E-state index is 0.157. The number of anilines is 1. The molecule has 1 N–H and O–H groups in total. The van der Waals surface area contributed by atoms with Gasteiger partial charge in [-0.3, -0.25) is 4.79 Å². The topological polar surface area (TPSA) is 55.4 Å². The lowest BCUT2D eigenvalue weighted by atomic mass is 10.2. The molecule has 0 saturated heterocycles. The van der Waals surface area contributed by atoms with Gasteiger partial charge in [-0.25, -0.2) is 4.79 Å². The molecule has 0 atom stereocenters. The van der Waals surface area contributed by atoms with Gasteiger partial charge in [-0.05, 0) is 48.5 Å². The maximum Gasteiger partial charge on any atom is 0.343 e. The number of hydrogen-bond donors (Lipinski definition) is 1. The Morgan fingerprint density at radius 3 is 1.79 bits per heavy atom. The van der Waals surface area contributed by atoms with Gasteiger partial charge >= 0.3 is 5.97 Å². The van der Waals surface area contributed by atoms with Gasteiger partial charge in [0.2, 0.25) is 0 Å². The molecule has 0 heterocycles. The Morgan fingerprint density at radius 2 is 1.21 bits per heavy atom. The summed E-state index contributed by atoms with van der Waals surface area (Å²) in [5.41, 5.74) is 0.741. The van der Waals surface area contributed by atoms with Gasteiger partial charge < -0.3 is 10.1 Å². The summed E-state index contributed by atoms with van der Waals surface area (Å²) in [5.74, 6) is -0.972. The van der Waals surface area contributed by atoms with Crippen LogP contribution in [0.2, 0.25) is 20.1 Å². The average molecular weight is 455 g/mol. The van der Waals surface area contributed by atoms with E-state index in [2.05, 4.69) is 5.32 Å². The lowest BCUT2D eigenvalue weighted by Gasteiger charge is -2.12. The quantitative estimate of drug-likeness (QED) is 0.349. The maximum absolute atomic E-state index is 12.5. The Hall–Kier alpha value is -2.24. The predicted octanol–water partition coefficient (Wildman–Crippen LogP) is 6.77. The fourth-order valence-electron chi connectivity index (χ4n) is 2.37. The second-order valence-electron chi connectivity index (χ2n) is 5.66. The number of para-hydroxylation sites is 2. The summed E-state index contributed by atoms with van der Waals surface area (Å²) in [7, 11) is 0. The average Bonchev–Trinajstić information content (AvgIpc) is 2.61. The summed E-state index contributed by atoms with van der Waals surface area (Å²) >= 11 is 23.7. The molecule has 28 heavy (non-hydrogen) atoms. The molecule has 0 radical (unpaired) electrons. The molecular weight excluding hydrogens is 444 g/mol. The molecule has 3 aromatic rings. The molecule has 0 saturated carbocycles. The van der Waals surface area contributed by atoms with Gasteiger partial charge in [-0.15, -0.1) is 0 Å². The third-order valence-electron chi connectivity index (χ3n) is 3.56. The van der Waals surface area contributed by atoms with E-state index in [0.29, 0.717) is 25.8 Å². The summed E-state index contributed by atoms with van der Waals surface area (Å²) in [6.07, 6.45) is 0. The molecule has 0 unspecified atom stereocenters. The number of hydrogen-bond acceptors (Lipinski definition) is 3. The number of benzene rings is 3. The van der Waals surface area contributed by atoms with Crippen LogP contribution in [0.3, 0.4) is 0 Å². The van der Waals surface area contributed by atoms with Crippen molar-refractivity contribution in [2.75, 3.05) is 5.32 Å². The van der Waals surface area contributed by atoms with Crippen molar-refractivity contribution in [3.63, 3.8) is 0 Å². The minimum atomic E-state index is -0.670. The molecule has 0 aliphatic heterocycles. The Morgan fingerprint density at radius 1 is 0.714 bits per heavy atom. The van der Waals surface area contributed by atoms with Crippen molar-refractivity contribution in [1.29, 1.82) is 0 Å². The number of halogens is 4. The van der Waals surface area contributed by atoms with Crippen LogP contribution in [0.1, 0.15) is 20.7 Å². The first-order valence-electron chi connectivity index (χ1n) is 7.86. The Bertz CT molecular complexity index is 944. The summed E-state index contributed by atoms with van der Waals surface area (Å²) in [6, 6.07) is 15.3. The monoisotopic (exact) mass is 453 g/mol. The highest BCUT2D eigenvalue weighted by Crippen LogP contribution is 2.27. The Kier molecular flexibility index (Phi) is 6.47. The zero-order valence-corrected chi connectivity index (χ0v) is 17.0. The first kappa shape index (κ1) is 20.5. The molecule has 4 nitrogen and oxygen atoms in total. The van der Waals surface area contributed by atoms with Crippen LogP contribution in [0.25, 0.3) is 0 Å². The molecule has 0 aliphatic rings. The van der Waals surface area contributed by atoms with Crippen LogP contribution in [-0.2, 0) is 0 Å². The van der Waals surface area contributed by atoms with Gasteiger partial charge in [0.05, 0.1) is 11.3 Å². The van der Waals surface area contributed by atoms with E-state index in [4.69, 9.17) is 51.1 Å².